The Balaban J connectivity index is 1.72. The van der Waals surface area contributed by atoms with Crippen LogP contribution in [0.25, 0.3) is 23.8 Å². The van der Waals surface area contributed by atoms with Gasteiger partial charge in [-0.05, 0) is 86.6 Å². The van der Waals surface area contributed by atoms with Gasteiger partial charge in [-0.1, -0.05) is 20.8 Å². The van der Waals surface area contributed by atoms with Gasteiger partial charge in [0.2, 0.25) is 0 Å². The number of aromatic nitrogens is 3. The fourth-order valence-corrected chi connectivity index (χ4v) is 6.24. The lowest BCUT2D eigenvalue weighted by Gasteiger charge is -2.11. The number of ketones is 1. The van der Waals surface area contributed by atoms with Gasteiger partial charge in [0.05, 0.1) is 5.69 Å². The SMILES string of the molecule is CCc1c(C)/c2[nH]/c1=C\c1[nH]c3c(c1C)C(=O)[C@H](C)/C3=C1\C[C@H](C)/C(=C/c3[nH]c(c(C)c3C)\C=2)N1. The second kappa shape index (κ2) is 7.51. The summed E-state index contributed by atoms with van der Waals surface area (Å²) in [6.45, 7) is 15.2. The topological polar surface area (TPSA) is 76.5 Å². The van der Waals surface area contributed by atoms with E-state index in [9.17, 15) is 4.79 Å². The molecule has 1 saturated heterocycles. The first kappa shape index (κ1) is 22.0. The van der Waals surface area contributed by atoms with Crippen LogP contribution in [0.5, 0.6) is 0 Å². The maximum Gasteiger partial charge on any atom is 0.172 e. The Morgan fingerprint density at radius 1 is 0.829 bits per heavy atom. The Hall–Kier alpha value is -3.47. The van der Waals surface area contributed by atoms with Crippen molar-refractivity contribution >= 4 is 29.6 Å². The summed E-state index contributed by atoms with van der Waals surface area (Å²) in [5.74, 6) is 0.437. The molecule has 1 fully saturated rings. The van der Waals surface area contributed by atoms with E-state index in [2.05, 4.69) is 80.0 Å². The predicted octanol–water partition coefficient (Wildman–Crippen LogP) is 4.65. The Kier molecular flexibility index (Phi) is 4.73. The standard InChI is InChI=1S/C30H34N4O/c1-8-19-16(5)23-11-22-15(4)14(3)21(32-22)10-20-13(2)9-26(31-20)27-18(7)30(35)28-17(6)24(34-29(27)28)12-25(19)33-23/h10-13,18,31-34H,8-9H2,1-7H3/b20-10-,23-11-,25-12-,27-26-/t13-,18+/m0/s1. The molecule has 3 aliphatic rings. The molecule has 0 unspecified atom stereocenters. The number of nitrogens with one attached hydrogen (secondary N) is 4. The molecule has 2 atom stereocenters. The zero-order chi connectivity index (χ0) is 24.8. The van der Waals surface area contributed by atoms with Crippen molar-refractivity contribution in [3.05, 3.63) is 78.2 Å². The highest BCUT2D eigenvalue weighted by Crippen LogP contribution is 2.44. The number of rotatable bonds is 1. The van der Waals surface area contributed by atoms with E-state index >= 15 is 0 Å². The van der Waals surface area contributed by atoms with Crippen LogP contribution in [0, 0.1) is 39.5 Å². The summed E-state index contributed by atoms with van der Waals surface area (Å²) in [6, 6.07) is 0. The number of H-pyrrole nitrogens is 3. The number of hydrogen-bond donors (Lipinski definition) is 4. The van der Waals surface area contributed by atoms with Crippen LogP contribution in [0.1, 0.15) is 88.1 Å². The van der Waals surface area contributed by atoms with E-state index in [4.69, 9.17) is 0 Å². The van der Waals surface area contributed by atoms with E-state index in [0.717, 1.165) is 63.0 Å². The Morgan fingerprint density at radius 3 is 2.20 bits per heavy atom. The van der Waals surface area contributed by atoms with Gasteiger partial charge < -0.3 is 20.3 Å². The minimum absolute atomic E-state index is 0.141. The molecule has 4 N–H and O–H groups in total. The summed E-state index contributed by atoms with van der Waals surface area (Å²) in [5, 5.41) is 5.96. The number of fused-ring (bicyclic) bond motifs is 7. The first-order valence-corrected chi connectivity index (χ1v) is 12.8. The molecule has 0 aromatic carbocycles. The quantitative estimate of drug-likeness (QED) is 0.421. The van der Waals surface area contributed by atoms with Gasteiger partial charge in [-0.15, -0.1) is 0 Å². The largest absolute Gasteiger partial charge is 0.362 e. The molecule has 0 amide bonds. The Labute approximate surface area is 206 Å². The fraction of sp³-hybridized carbons (Fsp3) is 0.367. The number of Topliss-reactive ketones (excluding diaryl/α,β-unsaturated/α-hetero) is 1. The molecule has 180 valence electrons. The fourth-order valence-electron chi connectivity index (χ4n) is 6.24. The third-order valence-corrected chi connectivity index (χ3v) is 8.61. The van der Waals surface area contributed by atoms with Gasteiger partial charge in [-0.3, -0.25) is 4.79 Å². The van der Waals surface area contributed by atoms with E-state index in [1.807, 2.05) is 6.92 Å². The number of aromatic amines is 3. The van der Waals surface area contributed by atoms with Crippen molar-refractivity contribution < 1.29 is 4.79 Å². The van der Waals surface area contributed by atoms with Crippen molar-refractivity contribution in [2.45, 2.75) is 61.3 Å². The smallest absolute Gasteiger partial charge is 0.172 e. The van der Waals surface area contributed by atoms with E-state index in [1.54, 1.807) is 0 Å². The van der Waals surface area contributed by atoms with Crippen molar-refractivity contribution in [3.8, 4) is 0 Å². The second-order valence-corrected chi connectivity index (χ2v) is 10.6. The number of hydrogen-bond acceptors (Lipinski definition) is 2. The highest BCUT2D eigenvalue weighted by Gasteiger charge is 2.39. The zero-order valence-electron chi connectivity index (χ0n) is 21.7. The van der Waals surface area contributed by atoms with Gasteiger partial charge in [-0.2, -0.15) is 0 Å². The summed E-state index contributed by atoms with van der Waals surface area (Å²) >= 11 is 0. The molecule has 0 radical (unpaired) electrons. The van der Waals surface area contributed by atoms with Crippen molar-refractivity contribution in [1.82, 2.24) is 20.3 Å². The molecule has 5 nitrogen and oxygen atoms in total. The molecule has 5 heteroatoms. The molecule has 8 bridgehead atoms. The number of carbonyl (C=O) groups is 1. The molecule has 0 saturated carbocycles. The lowest BCUT2D eigenvalue weighted by molar-refractivity contribution is 0.0965. The van der Waals surface area contributed by atoms with E-state index in [0.29, 0.717) is 5.92 Å². The average Bonchev–Trinajstić information content (AvgIpc) is 3.55. The van der Waals surface area contributed by atoms with E-state index in [1.165, 1.54) is 33.6 Å². The van der Waals surface area contributed by atoms with Gasteiger partial charge >= 0.3 is 0 Å². The van der Waals surface area contributed by atoms with Gasteiger partial charge in [0.1, 0.15) is 0 Å². The maximum atomic E-state index is 13.4. The molecular weight excluding hydrogens is 432 g/mol. The second-order valence-electron chi connectivity index (χ2n) is 10.6. The minimum atomic E-state index is -0.141. The van der Waals surface area contributed by atoms with Crippen LogP contribution in [0.15, 0.2) is 11.4 Å². The minimum Gasteiger partial charge on any atom is -0.362 e. The summed E-state index contributed by atoms with van der Waals surface area (Å²) in [4.78, 5) is 24.4. The van der Waals surface area contributed by atoms with Crippen molar-refractivity contribution in [3.63, 3.8) is 0 Å². The maximum absolute atomic E-state index is 13.4. The van der Waals surface area contributed by atoms with Crippen LogP contribution in [0.2, 0.25) is 0 Å². The number of allylic oxidation sites excluding steroid dienone is 3. The van der Waals surface area contributed by atoms with Gasteiger partial charge in [0, 0.05) is 62.1 Å². The van der Waals surface area contributed by atoms with Crippen LogP contribution in [-0.2, 0) is 6.42 Å². The first-order chi connectivity index (χ1) is 16.7. The molecule has 35 heavy (non-hydrogen) atoms. The normalized spacial score (nSPS) is 26.1. The monoisotopic (exact) mass is 466 g/mol. The molecule has 2 aliphatic heterocycles. The zero-order valence-corrected chi connectivity index (χ0v) is 21.7. The lowest BCUT2D eigenvalue weighted by Crippen LogP contribution is -2.13. The molecule has 1 aliphatic carbocycles. The Morgan fingerprint density at radius 2 is 1.49 bits per heavy atom. The van der Waals surface area contributed by atoms with Crippen LogP contribution in [0.3, 0.4) is 0 Å². The lowest BCUT2D eigenvalue weighted by atomic mass is 9.97. The van der Waals surface area contributed by atoms with Crippen LogP contribution >= 0.6 is 0 Å². The van der Waals surface area contributed by atoms with Crippen molar-refractivity contribution in [2.24, 2.45) is 11.8 Å². The third kappa shape index (κ3) is 3.03. The summed E-state index contributed by atoms with van der Waals surface area (Å²) in [5.41, 5.74) is 14.8. The molecule has 0 spiro atoms. The molecule has 3 aromatic rings. The highest BCUT2D eigenvalue weighted by atomic mass is 16.1. The van der Waals surface area contributed by atoms with Gasteiger partial charge in [0.25, 0.3) is 0 Å². The van der Waals surface area contributed by atoms with Crippen LogP contribution in [0.4, 0.5) is 0 Å². The average molecular weight is 467 g/mol. The van der Waals surface area contributed by atoms with E-state index < -0.39 is 0 Å². The molecule has 5 heterocycles. The van der Waals surface area contributed by atoms with Gasteiger partial charge in [-0.25, -0.2) is 0 Å². The molecule has 3 aromatic heterocycles. The predicted molar refractivity (Wildman–Crippen MR) is 142 cm³/mol. The third-order valence-electron chi connectivity index (χ3n) is 8.61. The van der Waals surface area contributed by atoms with E-state index in [-0.39, 0.29) is 11.7 Å². The highest BCUT2D eigenvalue weighted by molar-refractivity contribution is 6.15. The Bertz CT molecular complexity index is 1610. The number of carbonyl (C=O) groups excluding carboxylic acids is 1. The van der Waals surface area contributed by atoms with Gasteiger partial charge in [0.15, 0.2) is 5.78 Å². The molecule has 6 rings (SSSR count). The first-order valence-electron chi connectivity index (χ1n) is 12.8. The van der Waals surface area contributed by atoms with Crippen molar-refractivity contribution in [2.75, 3.05) is 0 Å². The summed E-state index contributed by atoms with van der Waals surface area (Å²) in [7, 11) is 0. The summed E-state index contributed by atoms with van der Waals surface area (Å²) in [6.07, 6.45) is 8.54. The van der Waals surface area contributed by atoms with Crippen LogP contribution < -0.4 is 16.0 Å². The summed E-state index contributed by atoms with van der Waals surface area (Å²) < 4.78 is 0. The van der Waals surface area contributed by atoms with Crippen molar-refractivity contribution in [1.29, 1.82) is 0 Å². The van der Waals surface area contributed by atoms with Crippen LogP contribution in [-0.4, -0.2) is 20.7 Å². The molecular formula is C30H34N4O.